The summed E-state index contributed by atoms with van der Waals surface area (Å²) in [6.45, 7) is 4.75. The number of carbonyl (C=O) groups excluding carboxylic acids is 1. The van der Waals surface area contributed by atoms with E-state index in [-0.39, 0.29) is 22.8 Å². The minimum Gasteiger partial charge on any atom is -0.379 e. The lowest BCUT2D eigenvalue weighted by atomic mass is 10.4. The van der Waals surface area contributed by atoms with Crippen molar-refractivity contribution in [3.8, 4) is 0 Å². The van der Waals surface area contributed by atoms with Gasteiger partial charge in [0.25, 0.3) is 10.0 Å². The minimum absolute atomic E-state index is 0.169. The van der Waals surface area contributed by atoms with Crippen LogP contribution in [0.15, 0.2) is 21.7 Å². The van der Waals surface area contributed by atoms with Crippen LogP contribution in [0, 0.1) is 0 Å². The van der Waals surface area contributed by atoms with Gasteiger partial charge in [-0.25, -0.2) is 8.42 Å². The Bertz CT molecular complexity index is 526. The quantitative estimate of drug-likeness (QED) is 0.691. The van der Waals surface area contributed by atoms with Crippen molar-refractivity contribution < 1.29 is 17.9 Å². The molecule has 0 aromatic carbocycles. The lowest BCUT2D eigenvalue weighted by molar-refractivity contribution is -0.121. The van der Waals surface area contributed by atoms with Gasteiger partial charge in [0, 0.05) is 20.2 Å². The van der Waals surface area contributed by atoms with E-state index >= 15 is 0 Å². The van der Waals surface area contributed by atoms with Gasteiger partial charge in [0.05, 0.1) is 12.6 Å². The molecule has 120 valence electrons. The minimum atomic E-state index is -3.57. The summed E-state index contributed by atoms with van der Waals surface area (Å²) in [7, 11) is -2.17. The van der Waals surface area contributed by atoms with Gasteiger partial charge in [-0.3, -0.25) is 4.79 Å². The number of rotatable bonds is 9. The molecule has 0 spiro atoms. The van der Waals surface area contributed by atoms with Gasteiger partial charge in [-0.15, -0.1) is 11.3 Å². The summed E-state index contributed by atoms with van der Waals surface area (Å²) >= 11 is 1.13. The molecular formula is C13H22N2O4S2. The van der Waals surface area contributed by atoms with Crippen LogP contribution >= 0.6 is 11.3 Å². The molecule has 21 heavy (non-hydrogen) atoms. The second-order valence-electron chi connectivity index (χ2n) is 4.82. The maximum absolute atomic E-state index is 12.1. The lowest BCUT2D eigenvalue weighted by Crippen LogP contribution is -2.38. The zero-order chi connectivity index (χ0) is 15.9. The van der Waals surface area contributed by atoms with Crippen molar-refractivity contribution in [2.45, 2.75) is 30.6 Å². The zero-order valence-corrected chi connectivity index (χ0v) is 14.2. The fraction of sp³-hybridized carbons (Fsp3) is 0.615. The second-order valence-corrected chi connectivity index (χ2v) is 8.04. The van der Waals surface area contributed by atoms with E-state index in [1.807, 2.05) is 13.8 Å². The van der Waals surface area contributed by atoms with Gasteiger partial charge in [-0.05, 0) is 31.7 Å². The maximum atomic E-state index is 12.1. The first-order chi connectivity index (χ1) is 9.84. The van der Waals surface area contributed by atoms with Gasteiger partial charge < -0.3 is 10.1 Å². The van der Waals surface area contributed by atoms with E-state index in [0.717, 1.165) is 15.6 Å². The van der Waals surface area contributed by atoms with E-state index in [9.17, 15) is 13.2 Å². The smallest absolute Gasteiger partial charge is 0.252 e. The predicted molar refractivity (Wildman–Crippen MR) is 82.8 cm³/mol. The molecule has 0 saturated carbocycles. The first-order valence-corrected chi connectivity index (χ1v) is 9.04. The number of carbonyl (C=O) groups is 1. The summed E-state index contributed by atoms with van der Waals surface area (Å²) in [5, 5.41) is 4.37. The highest BCUT2D eigenvalue weighted by Gasteiger charge is 2.23. The molecule has 1 aromatic heterocycles. The molecule has 0 aliphatic rings. The largest absolute Gasteiger partial charge is 0.379 e. The molecule has 0 fully saturated rings. The van der Waals surface area contributed by atoms with Gasteiger partial charge in [0.2, 0.25) is 5.91 Å². The summed E-state index contributed by atoms with van der Waals surface area (Å²) in [4.78, 5) is 11.7. The third kappa shape index (κ3) is 6.13. The molecule has 1 amide bonds. The molecule has 8 heteroatoms. The number of ether oxygens (including phenoxy) is 1. The number of thiophene rings is 1. The molecule has 0 radical (unpaired) electrons. The summed E-state index contributed by atoms with van der Waals surface area (Å²) in [6, 6.07) is 3.19. The Balaban J connectivity index is 2.34. The van der Waals surface area contributed by atoms with Crippen LogP contribution in [0.1, 0.15) is 20.3 Å². The number of amides is 1. The molecule has 1 aromatic rings. The van der Waals surface area contributed by atoms with Gasteiger partial charge in [-0.2, -0.15) is 4.31 Å². The highest BCUT2D eigenvalue weighted by Crippen LogP contribution is 2.19. The molecule has 0 atom stereocenters. The normalized spacial score (nSPS) is 12.0. The van der Waals surface area contributed by atoms with E-state index in [2.05, 4.69) is 5.32 Å². The maximum Gasteiger partial charge on any atom is 0.252 e. The first kappa shape index (κ1) is 18.1. The Labute approximate surface area is 130 Å². The number of sulfonamides is 1. The third-order valence-corrected chi connectivity index (χ3v) is 5.80. The second kappa shape index (κ2) is 8.47. The lowest BCUT2D eigenvalue weighted by Gasteiger charge is -2.15. The Hall–Kier alpha value is -0.960. The Morgan fingerprint density at radius 2 is 2.19 bits per heavy atom. The summed E-state index contributed by atoms with van der Waals surface area (Å²) in [5.74, 6) is -0.317. The van der Waals surface area contributed by atoms with E-state index in [1.54, 1.807) is 11.4 Å². The van der Waals surface area contributed by atoms with Gasteiger partial charge in [0.15, 0.2) is 0 Å². The van der Waals surface area contributed by atoms with E-state index < -0.39 is 10.0 Å². The highest BCUT2D eigenvalue weighted by molar-refractivity contribution is 7.91. The highest BCUT2D eigenvalue weighted by atomic mass is 32.2. The Kier molecular flexibility index (Phi) is 7.30. The standard InChI is InChI=1S/C13H22N2O4S2/c1-11(2)19-8-5-7-14-12(16)10-15(3)21(17,18)13-6-4-9-20-13/h4,6,9,11H,5,7-8,10H2,1-3H3,(H,14,16). The molecule has 0 unspecified atom stereocenters. The summed E-state index contributed by atoms with van der Waals surface area (Å²) in [5.41, 5.74) is 0. The van der Waals surface area contributed by atoms with Crippen molar-refractivity contribution >= 4 is 27.3 Å². The van der Waals surface area contributed by atoms with Crippen LogP contribution in [0.4, 0.5) is 0 Å². The average Bonchev–Trinajstić information content (AvgIpc) is 2.92. The average molecular weight is 334 g/mol. The van der Waals surface area contributed by atoms with E-state index in [1.165, 1.54) is 13.1 Å². The third-order valence-electron chi connectivity index (χ3n) is 2.62. The van der Waals surface area contributed by atoms with Gasteiger partial charge in [-0.1, -0.05) is 6.07 Å². The van der Waals surface area contributed by atoms with Crippen LogP contribution in [0.2, 0.25) is 0 Å². The van der Waals surface area contributed by atoms with Crippen molar-refractivity contribution in [3.05, 3.63) is 17.5 Å². The molecule has 0 aliphatic carbocycles. The van der Waals surface area contributed by atoms with Crippen LogP contribution in [-0.2, 0) is 19.6 Å². The van der Waals surface area contributed by atoms with Gasteiger partial charge in [0.1, 0.15) is 4.21 Å². The number of nitrogens with zero attached hydrogens (tertiary/aromatic N) is 1. The zero-order valence-electron chi connectivity index (χ0n) is 12.5. The SMILES string of the molecule is CC(C)OCCCNC(=O)CN(C)S(=O)(=O)c1cccs1. The van der Waals surface area contributed by atoms with Crippen molar-refractivity contribution in [1.82, 2.24) is 9.62 Å². The number of hydrogen-bond acceptors (Lipinski definition) is 5. The fourth-order valence-corrected chi connectivity index (χ4v) is 3.85. The van der Waals surface area contributed by atoms with Crippen LogP contribution < -0.4 is 5.32 Å². The van der Waals surface area contributed by atoms with Gasteiger partial charge >= 0.3 is 0 Å². The molecule has 0 bridgehead atoms. The summed E-state index contributed by atoms with van der Waals surface area (Å²) in [6.07, 6.45) is 0.869. The molecule has 1 N–H and O–H groups in total. The van der Waals surface area contributed by atoms with E-state index in [0.29, 0.717) is 19.6 Å². The summed E-state index contributed by atoms with van der Waals surface area (Å²) < 4.78 is 30.9. The topological polar surface area (TPSA) is 75.7 Å². The molecular weight excluding hydrogens is 312 g/mol. The predicted octanol–water partition coefficient (Wildman–Crippen LogP) is 1.30. The Morgan fingerprint density at radius 3 is 2.76 bits per heavy atom. The fourth-order valence-electron chi connectivity index (χ4n) is 1.53. The van der Waals surface area contributed by atoms with Crippen LogP contribution in [-0.4, -0.2) is 51.5 Å². The molecule has 6 nitrogen and oxygen atoms in total. The number of hydrogen-bond donors (Lipinski definition) is 1. The van der Waals surface area contributed by atoms with Crippen LogP contribution in [0.5, 0.6) is 0 Å². The number of likely N-dealkylation sites (N-methyl/N-ethyl adjacent to an activating group) is 1. The first-order valence-electron chi connectivity index (χ1n) is 6.72. The van der Waals surface area contributed by atoms with Crippen molar-refractivity contribution in [1.29, 1.82) is 0 Å². The van der Waals surface area contributed by atoms with Crippen molar-refractivity contribution in [3.63, 3.8) is 0 Å². The molecule has 1 heterocycles. The number of nitrogens with one attached hydrogen (secondary N) is 1. The molecule has 1 rings (SSSR count). The van der Waals surface area contributed by atoms with Crippen LogP contribution in [0.3, 0.4) is 0 Å². The van der Waals surface area contributed by atoms with Crippen molar-refractivity contribution in [2.24, 2.45) is 0 Å². The van der Waals surface area contributed by atoms with Crippen LogP contribution in [0.25, 0.3) is 0 Å². The van der Waals surface area contributed by atoms with Crippen molar-refractivity contribution in [2.75, 3.05) is 26.7 Å². The Morgan fingerprint density at radius 1 is 1.48 bits per heavy atom. The van der Waals surface area contributed by atoms with E-state index in [4.69, 9.17) is 4.74 Å². The monoisotopic (exact) mass is 334 g/mol. The molecule has 0 saturated heterocycles. The molecule has 0 aliphatic heterocycles.